The Morgan fingerprint density at radius 3 is 2.11 bits per heavy atom. The number of esters is 1. The molecule has 114 valence electrons. The van der Waals surface area contributed by atoms with Gasteiger partial charge < -0.3 is 15.2 Å². The molecule has 0 fully saturated rings. The lowest BCUT2D eigenvalue weighted by molar-refractivity contribution is -0.167. The highest BCUT2D eigenvalue weighted by atomic mass is 16.6. The number of aliphatic hydroxyl groups excluding tert-OH is 1. The van der Waals surface area contributed by atoms with Crippen LogP contribution in [0.5, 0.6) is 0 Å². The Bertz CT molecular complexity index is 210. The molecule has 0 spiro atoms. The van der Waals surface area contributed by atoms with Crippen molar-refractivity contribution in [2.75, 3.05) is 13.6 Å². The Labute approximate surface area is 117 Å². The lowest BCUT2D eigenvalue weighted by atomic mass is 10.1. The van der Waals surface area contributed by atoms with Crippen LogP contribution >= 0.6 is 0 Å². The minimum Gasteiger partial charge on any atom is -0.435 e. The van der Waals surface area contributed by atoms with E-state index >= 15 is 0 Å². The standard InChI is InChI=1S/C15H31NO3/c1-3-4-5-6-7-8-9-10-11-12-14(17)19-15(18)13-16-2/h14,16-17H,3-13H2,1-2H3. The molecule has 4 nitrogen and oxygen atoms in total. The van der Waals surface area contributed by atoms with Crippen LogP contribution in [0.4, 0.5) is 0 Å². The number of hydrogen-bond donors (Lipinski definition) is 2. The molecule has 0 aliphatic heterocycles. The third-order valence-electron chi connectivity index (χ3n) is 3.14. The molecular weight excluding hydrogens is 242 g/mol. The minimum absolute atomic E-state index is 0.148. The first-order chi connectivity index (χ1) is 9.20. The van der Waals surface area contributed by atoms with Crippen LogP contribution in [-0.4, -0.2) is 31.0 Å². The highest BCUT2D eigenvalue weighted by Gasteiger charge is 2.09. The second kappa shape index (κ2) is 13.8. The molecule has 0 heterocycles. The van der Waals surface area contributed by atoms with Gasteiger partial charge in [0, 0.05) is 6.42 Å². The summed E-state index contributed by atoms with van der Waals surface area (Å²) in [6.07, 6.45) is 10.8. The normalized spacial score (nSPS) is 12.4. The van der Waals surface area contributed by atoms with Crippen LogP contribution in [0, 0.1) is 0 Å². The maximum absolute atomic E-state index is 11.1. The zero-order chi connectivity index (χ0) is 14.3. The smallest absolute Gasteiger partial charge is 0.322 e. The SMILES string of the molecule is CCCCCCCCCCCC(O)OC(=O)CNC. The molecule has 0 radical (unpaired) electrons. The minimum atomic E-state index is -0.939. The molecule has 0 aromatic heterocycles. The zero-order valence-electron chi connectivity index (χ0n) is 12.6. The molecule has 0 aromatic carbocycles. The van der Waals surface area contributed by atoms with Gasteiger partial charge in [0.15, 0.2) is 0 Å². The maximum Gasteiger partial charge on any atom is 0.322 e. The second-order valence-electron chi connectivity index (χ2n) is 5.09. The Balaban J connectivity index is 3.22. The molecule has 0 aliphatic carbocycles. The maximum atomic E-state index is 11.1. The number of hydrogen-bond acceptors (Lipinski definition) is 4. The molecule has 2 N–H and O–H groups in total. The summed E-state index contributed by atoms with van der Waals surface area (Å²) in [5, 5.41) is 12.2. The Hall–Kier alpha value is -0.610. The zero-order valence-corrected chi connectivity index (χ0v) is 12.6. The van der Waals surface area contributed by atoms with Crippen LogP contribution in [-0.2, 0) is 9.53 Å². The van der Waals surface area contributed by atoms with E-state index in [1.165, 1.54) is 44.9 Å². The highest BCUT2D eigenvalue weighted by molar-refractivity contribution is 5.71. The summed E-state index contributed by atoms with van der Waals surface area (Å²) in [6, 6.07) is 0. The number of carbonyl (C=O) groups is 1. The monoisotopic (exact) mass is 273 g/mol. The lowest BCUT2D eigenvalue weighted by Crippen LogP contribution is -2.25. The summed E-state index contributed by atoms with van der Waals surface area (Å²) in [5.41, 5.74) is 0. The van der Waals surface area contributed by atoms with Gasteiger partial charge in [-0.3, -0.25) is 4.79 Å². The van der Waals surface area contributed by atoms with E-state index in [9.17, 15) is 9.90 Å². The van der Waals surface area contributed by atoms with Crippen LogP contribution in [0.15, 0.2) is 0 Å². The van der Waals surface area contributed by atoms with E-state index in [0.29, 0.717) is 6.42 Å². The van der Waals surface area contributed by atoms with Crippen LogP contribution in [0.1, 0.15) is 71.1 Å². The largest absolute Gasteiger partial charge is 0.435 e. The van der Waals surface area contributed by atoms with E-state index in [1.807, 2.05) is 0 Å². The van der Waals surface area contributed by atoms with Gasteiger partial charge in [-0.15, -0.1) is 0 Å². The molecular formula is C15H31NO3. The van der Waals surface area contributed by atoms with E-state index in [4.69, 9.17) is 4.74 Å². The summed E-state index contributed by atoms with van der Waals surface area (Å²) in [5.74, 6) is -0.397. The predicted molar refractivity (Wildman–Crippen MR) is 77.9 cm³/mol. The molecule has 1 atom stereocenters. The number of unbranched alkanes of at least 4 members (excludes halogenated alkanes) is 8. The molecule has 0 saturated heterocycles. The summed E-state index contributed by atoms with van der Waals surface area (Å²) < 4.78 is 4.82. The fourth-order valence-electron chi connectivity index (χ4n) is 2.03. The number of nitrogens with one attached hydrogen (secondary N) is 1. The summed E-state index contributed by atoms with van der Waals surface area (Å²) in [7, 11) is 1.67. The van der Waals surface area contributed by atoms with Gasteiger partial charge in [-0.25, -0.2) is 0 Å². The fourth-order valence-corrected chi connectivity index (χ4v) is 2.03. The van der Waals surface area contributed by atoms with Crippen molar-refractivity contribution in [3.05, 3.63) is 0 Å². The molecule has 4 heteroatoms. The van der Waals surface area contributed by atoms with Crippen LogP contribution in [0.3, 0.4) is 0 Å². The first-order valence-corrected chi connectivity index (χ1v) is 7.72. The molecule has 0 bridgehead atoms. The quantitative estimate of drug-likeness (QED) is 0.308. The van der Waals surface area contributed by atoms with Gasteiger partial charge >= 0.3 is 5.97 Å². The van der Waals surface area contributed by atoms with E-state index in [-0.39, 0.29) is 6.54 Å². The molecule has 0 aromatic rings. The topological polar surface area (TPSA) is 58.6 Å². The average molecular weight is 273 g/mol. The van der Waals surface area contributed by atoms with Crippen LogP contribution < -0.4 is 5.32 Å². The Kier molecular flexibility index (Phi) is 13.4. The number of ether oxygens (including phenoxy) is 1. The molecule has 19 heavy (non-hydrogen) atoms. The van der Waals surface area contributed by atoms with Gasteiger partial charge in [-0.1, -0.05) is 58.3 Å². The summed E-state index contributed by atoms with van der Waals surface area (Å²) in [6.45, 7) is 2.38. The van der Waals surface area contributed by atoms with Crippen molar-refractivity contribution < 1.29 is 14.6 Å². The number of likely N-dealkylation sites (N-methyl/N-ethyl adjacent to an activating group) is 1. The van der Waals surface area contributed by atoms with Gasteiger partial charge in [-0.05, 0) is 13.5 Å². The van der Waals surface area contributed by atoms with Crippen molar-refractivity contribution in [3.63, 3.8) is 0 Å². The van der Waals surface area contributed by atoms with Gasteiger partial charge in [0.25, 0.3) is 0 Å². The molecule has 1 unspecified atom stereocenters. The Morgan fingerprint density at radius 2 is 1.58 bits per heavy atom. The lowest BCUT2D eigenvalue weighted by Gasteiger charge is -2.11. The van der Waals surface area contributed by atoms with Crippen molar-refractivity contribution in [2.24, 2.45) is 0 Å². The highest BCUT2D eigenvalue weighted by Crippen LogP contribution is 2.11. The fraction of sp³-hybridized carbons (Fsp3) is 0.933. The summed E-state index contributed by atoms with van der Waals surface area (Å²) >= 11 is 0. The molecule has 0 saturated carbocycles. The average Bonchev–Trinajstić information content (AvgIpc) is 2.37. The van der Waals surface area contributed by atoms with E-state index in [1.54, 1.807) is 7.05 Å². The van der Waals surface area contributed by atoms with Gasteiger partial charge in [0.2, 0.25) is 6.29 Å². The molecule has 0 aliphatic rings. The summed E-state index contributed by atoms with van der Waals surface area (Å²) in [4.78, 5) is 11.1. The third kappa shape index (κ3) is 13.6. The first kappa shape index (κ1) is 18.4. The van der Waals surface area contributed by atoms with Crippen molar-refractivity contribution in [2.45, 2.75) is 77.4 Å². The van der Waals surface area contributed by atoms with Crippen LogP contribution in [0.25, 0.3) is 0 Å². The second-order valence-corrected chi connectivity index (χ2v) is 5.09. The number of aliphatic hydroxyl groups is 1. The van der Waals surface area contributed by atoms with Crippen molar-refractivity contribution >= 4 is 5.97 Å². The Morgan fingerprint density at radius 1 is 1.05 bits per heavy atom. The number of carbonyl (C=O) groups excluding carboxylic acids is 1. The van der Waals surface area contributed by atoms with E-state index < -0.39 is 12.3 Å². The number of rotatable bonds is 13. The van der Waals surface area contributed by atoms with Crippen molar-refractivity contribution in [1.29, 1.82) is 0 Å². The molecule has 0 amide bonds. The third-order valence-corrected chi connectivity index (χ3v) is 3.14. The molecule has 0 rings (SSSR count). The van der Waals surface area contributed by atoms with Crippen molar-refractivity contribution in [1.82, 2.24) is 5.32 Å². The first-order valence-electron chi connectivity index (χ1n) is 7.72. The van der Waals surface area contributed by atoms with E-state index in [2.05, 4.69) is 12.2 Å². The van der Waals surface area contributed by atoms with Gasteiger partial charge in [-0.2, -0.15) is 0 Å². The van der Waals surface area contributed by atoms with E-state index in [0.717, 1.165) is 12.8 Å². The predicted octanol–water partition coefficient (Wildman–Crippen LogP) is 2.99. The van der Waals surface area contributed by atoms with Crippen molar-refractivity contribution in [3.8, 4) is 0 Å². The van der Waals surface area contributed by atoms with Crippen LogP contribution in [0.2, 0.25) is 0 Å². The van der Waals surface area contributed by atoms with Gasteiger partial charge in [0.05, 0.1) is 6.54 Å². The van der Waals surface area contributed by atoms with Gasteiger partial charge in [0.1, 0.15) is 0 Å².